The van der Waals surface area contributed by atoms with Gasteiger partial charge in [0.05, 0.1) is 10.5 Å². The van der Waals surface area contributed by atoms with E-state index in [1.807, 2.05) is 0 Å². The number of nitrogens with one attached hydrogen (secondary N) is 1. The van der Waals surface area contributed by atoms with Gasteiger partial charge < -0.3 is 5.32 Å². The van der Waals surface area contributed by atoms with Gasteiger partial charge in [-0.05, 0) is 55.3 Å². The number of sulfonamides is 1. The largest absolute Gasteiger partial charge is 0.322 e. The van der Waals surface area contributed by atoms with E-state index in [2.05, 4.69) is 21.2 Å². The van der Waals surface area contributed by atoms with Crippen LogP contribution < -0.4 is 5.32 Å². The van der Waals surface area contributed by atoms with Crippen LogP contribution >= 0.6 is 15.9 Å². The highest BCUT2D eigenvalue weighted by Gasteiger charge is 2.21. The van der Waals surface area contributed by atoms with Gasteiger partial charge in [-0.2, -0.15) is 0 Å². The predicted molar refractivity (Wildman–Crippen MR) is 98.8 cm³/mol. The number of anilines is 1. The summed E-state index contributed by atoms with van der Waals surface area (Å²) in [6.45, 7) is 3.51. The molecule has 0 saturated carbocycles. The van der Waals surface area contributed by atoms with E-state index in [0.717, 1.165) is 4.31 Å². The molecule has 134 valence electrons. The Kier molecular flexibility index (Phi) is 5.65. The smallest absolute Gasteiger partial charge is 0.258 e. The van der Waals surface area contributed by atoms with Gasteiger partial charge in [-0.15, -0.1) is 0 Å². The Morgan fingerprint density at radius 3 is 2.40 bits per heavy atom. The quantitative estimate of drug-likeness (QED) is 0.806. The molecule has 0 spiro atoms. The summed E-state index contributed by atoms with van der Waals surface area (Å²) < 4.78 is 40.3. The third kappa shape index (κ3) is 4.08. The Morgan fingerprint density at radius 2 is 1.80 bits per heavy atom. The van der Waals surface area contributed by atoms with Crippen LogP contribution in [0.1, 0.15) is 21.5 Å². The highest BCUT2D eigenvalue weighted by atomic mass is 79.9. The Hall–Kier alpha value is -1.77. The summed E-state index contributed by atoms with van der Waals surface area (Å²) in [6, 6.07) is 6.97. The molecule has 5 nitrogen and oxygen atoms in total. The lowest BCUT2D eigenvalue weighted by molar-refractivity contribution is 0.102. The van der Waals surface area contributed by atoms with Crippen molar-refractivity contribution in [1.29, 1.82) is 0 Å². The number of hydrogen-bond acceptors (Lipinski definition) is 3. The fraction of sp³-hybridized carbons (Fsp3) is 0.235. The van der Waals surface area contributed by atoms with Gasteiger partial charge in [0, 0.05) is 24.3 Å². The van der Waals surface area contributed by atoms with Crippen molar-refractivity contribution < 1.29 is 17.6 Å². The van der Waals surface area contributed by atoms with Crippen molar-refractivity contribution in [1.82, 2.24) is 4.31 Å². The second-order valence-electron chi connectivity index (χ2n) is 5.78. The van der Waals surface area contributed by atoms with Crippen LogP contribution in [0.2, 0.25) is 0 Å². The zero-order valence-electron chi connectivity index (χ0n) is 14.2. The standard InChI is InChI=1S/C17H18BrFN2O3S/c1-10-7-13(25(23,24)21(3)4)9-16(11(10)2)20-17(22)14-8-12(18)5-6-15(14)19/h5-9H,1-4H3,(H,20,22). The van der Waals surface area contributed by atoms with Crippen molar-refractivity contribution in [2.45, 2.75) is 18.7 Å². The van der Waals surface area contributed by atoms with E-state index in [-0.39, 0.29) is 10.5 Å². The lowest BCUT2D eigenvalue weighted by Gasteiger charge is -2.16. The van der Waals surface area contributed by atoms with Gasteiger partial charge in [0.15, 0.2) is 0 Å². The Labute approximate surface area is 155 Å². The van der Waals surface area contributed by atoms with Gasteiger partial charge in [-0.3, -0.25) is 4.79 Å². The van der Waals surface area contributed by atoms with Crippen LogP contribution in [0.4, 0.5) is 10.1 Å². The molecule has 8 heteroatoms. The Morgan fingerprint density at radius 1 is 1.16 bits per heavy atom. The molecule has 2 aromatic carbocycles. The van der Waals surface area contributed by atoms with Crippen LogP contribution in [0.5, 0.6) is 0 Å². The van der Waals surface area contributed by atoms with Gasteiger partial charge in [0.25, 0.3) is 5.91 Å². The lowest BCUT2D eigenvalue weighted by Crippen LogP contribution is -2.23. The fourth-order valence-electron chi connectivity index (χ4n) is 2.18. The van der Waals surface area contributed by atoms with Crippen LogP contribution in [0.25, 0.3) is 0 Å². The van der Waals surface area contributed by atoms with Crippen molar-refractivity contribution in [2.24, 2.45) is 0 Å². The molecule has 0 aliphatic carbocycles. The highest BCUT2D eigenvalue weighted by molar-refractivity contribution is 9.10. The first-order valence-electron chi connectivity index (χ1n) is 7.34. The van der Waals surface area contributed by atoms with Gasteiger partial charge in [-0.1, -0.05) is 15.9 Å². The number of hydrogen-bond donors (Lipinski definition) is 1. The molecular weight excluding hydrogens is 411 g/mol. The van der Waals surface area contributed by atoms with E-state index < -0.39 is 21.7 Å². The summed E-state index contributed by atoms with van der Waals surface area (Å²) in [5.74, 6) is -1.31. The van der Waals surface area contributed by atoms with Gasteiger partial charge in [-0.25, -0.2) is 17.1 Å². The minimum Gasteiger partial charge on any atom is -0.322 e. The summed E-state index contributed by atoms with van der Waals surface area (Å²) in [5, 5.41) is 2.60. The molecule has 0 fully saturated rings. The van der Waals surface area contributed by atoms with Crippen LogP contribution in [-0.2, 0) is 10.0 Å². The van der Waals surface area contributed by atoms with Gasteiger partial charge >= 0.3 is 0 Å². The average Bonchev–Trinajstić information content (AvgIpc) is 2.53. The SMILES string of the molecule is Cc1cc(S(=O)(=O)N(C)C)cc(NC(=O)c2cc(Br)ccc2F)c1C. The zero-order valence-corrected chi connectivity index (χ0v) is 16.6. The van der Waals surface area contributed by atoms with E-state index in [1.165, 1.54) is 38.4 Å². The molecule has 0 aromatic heterocycles. The van der Waals surface area contributed by atoms with E-state index >= 15 is 0 Å². The molecule has 1 N–H and O–H groups in total. The summed E-state index contributed by atoms with van der Waals surface area (Å²) >= 11 is 3.20. The average molecular weight is 429 g/mol. The number of rotatable bonds is 4. The van der Waals surface area contributed by atoms with Crippen LogP contribution in [0.15, 0.2) is 39.7 Å². The maximum atomic E-state index is 13.9. The molecule has 0 radical (unpaired) electrons. The molecular formula is C17H18BrFN2O3S. The second-order valence-corrected chi connectivity index (χ2v) is 8.85. The molecule has 25 heavy (non-hydrogen) atoms. The minimum atomic E-state index is -3.65. The van der Waals surface area contributed by atoms with E-state index in [9.17, 15) is 17.6 Å². The molecule has 2 aromatic rings. The van der Waals surface area contributed by atoms with Crippen molar-refractivity contribution in [3.05, 3.63) is 57.3 Å². The molecule has 0 saturated heterocycles. The molecule has 2 rings (SSSR count). The number of carbonyl (C=O) groups excluding carboxylic acids is 1. The Bertz CT molecular complexity index is 943. The molecule has 0 atom stereocenters. The monoisotopic (exact) mass is 428 g/mol. The first kappa shape index (κ1) is 19.6. The minimum absolute atomic E-state index is 0.0608. The summed E-state index contributed by atoms with van der Waals surface area (Å²) in [7, 11) is -0.793. The van der Waals surface area contributed by atoms with E-state index in [0.29, 0.717) is 21.3 Å². The maximum Gasteiger partial charge on any atom is 0.258 e. The molecule has 0 aliphatic rings. The number of nitrogens with zero attached hydrogens (tertiary/aromatic N) is 1. The molecule has 0 aliphatic heterocycles. The second kappa shape index (κ2) is 7.23. The third-order valence-corrected chi connectivity index (χ3v) is 6.13. The number of aryl methyl sites for hydroxylation is 1. The Balaban J connectivity index is 2.48. The van der Waals surface area contributed by atoms with Crippen molar-refractivity contribution in [3.8, 4) is 0 Å². The van der Waals surface area contributed by atoms with E-state index in [1.54, 1.807) is 19.9 Å². The molecule has 0 unspecified atom stereocenters. The first-order valence-corrected chi connectivity index (χ1v) is 9.57. The normalized spacial score (nSPS) is 11.6. The molecule has 0 heterocycles. The van der Waals surface area contributed by atoms with Crippen molar-refractivity contribution in [3.63, 3.8) is 0 Å². The summed E-state index contributed by atoms with van der Waals surface area (Å²) in [6.07, 6.45) is 0. The van der Waals surface area contributed by atoms with Crippen LogP contribution in [0, 0.1) is 19.7 Å². The molecule has 1 amide bonds. The van der Waals surface area contributed by atoms with E-state index in [4.69, 9.17) is 0 Å². The topological polar surface area (TPSA) is 66.5 Å². The number of benzene rings is 2. The van der Waals surface area contributed by atoms with Crippen molar-refractivity contribution >= 4 is 37.5 Å². The van der Waals surface area contributed by atoms with Gasteiger partial charge in [0.1, 0.15) is 5.82 Å². The third-order valence-electron chi connectivity index (χ3n) is 3.84. The van der Waals surface area contributed by atoms with Crippen LogP contribution in [0.3, 0.4) is 0 Å². The predicted octanol–water partition coefficient (Wildman–Crippen LogP) is 3.71. The summed E-state index contributed by atoms with van der Waals surface area (Å²) in [5.41, 5.74) is 1.60. The zero-order chi connectivity index (χ0) is 18.9. The summed E-state index contributed by atoms with van der Waals surface area (Å²) in [4.78, 5) is 12.5. The molecule has 0 bridgehead atoms. The number of halogens is 2. The lowest BCUT2D eigenvalue weighted by atomic mass is 10.1. The highest BCUT2D eigenvalue weighted by Crippen LogP contribution is 2.26. The van der Waals surface area contributed by atoms with Gasteiger partial charge in [0.2, 0.25) is 10.0 Å². The number of carbonyl (C=O) groups is 1. The maximum absolute atomic E-state index is 13.9. The fourth-order valence-corrected chi connectivity index (χ4v) is 3.55. The number of amides is 1. The van der Waals surface area contributed by atoms with Crippen LogP contribution in [-0.4, -0.2) is 32.7 Å². The van der Waals surface area contributed by atoms with Crippen molar-refractivity contribution in [2.75, 3.05) is 19.4 Å². The first-order chi connectivity index (χ1) is 11.5.